The average molecular weight is 337 g/mol. The topological polar surface area (TPSA) is 46.3 Å². The molecular weight excluding hydrogens is 316 g/mol. The van der Waals surface area contributed by atoms with E-state index < -0.39 is 0 Å². The van der Waals surface area contributed by atoms with E-state index in [0.29, 0.717) is 0 Å². The van der Waals surface area contributed by atoms with E-state index in [2.05, 4.69) is 31.2 Å². The first-order chi connectivity index (χ1) is 10.1. The van der Waals surface area contributed by atoms with Crippen LogP contribution in [0.15, 0.2) is 35.7 Å². The highest BCUT2D eigenvalue weighted by Crippen LogP contribution is 2.30. The summed E-state index contributed by atoms with van der Waals surface area (Å²) in [5, 5.41) is 2.00. The Kier molecular flexibility index (Phi) is 5.62. The first-order valence-corrected chi connectivity index (χ1v) is 8.22. The Labute approximate surface area is 141 Å². The minimum Gasteiger partial charge on any atom is -0.338 e. The lowest BCUT2D eigenvalue weighted by Crippen LogP contribution is -2.42. The molecule has 2 N–H and O–H groups in total. The summed E-state index contributed by atoms with van der Waals surface area (Å²) >= 11 is 1.53. The SMILES string of the molecule is Cc1ccc(-c2ccsc2C(=O)N2CCC(N)CC2)cc1.Cl. The van der Waals surface area contributed by atoms with Crippen LogP contribution >= 0.6 is 23.7 Å². The molecule has 22 heavy (non-hydrogen) atoms. The van der Waals surface area contributed by atoms with E-state index in [0.717, 1.165) is 41.9 Å². The number of hydrogen-bond donors (Lipinski definition) is 1. The van der Waals surface area contributed by atoms with Gasteiger partial charge in [0, 0.05) is 24.7 Å². The molecule has 1 aromatic heterocycles. The van der Waals surface area contributed by atoms with E-state index in [9.17, 15) is 4.79 Å². The van der Waals surface area contributed by atoms with Gasteiger partial charge in [0.2, 0.25) is 0 Å². The van der Waals surface area contributed by atoms with E-state index in [4.69, 9.17) is 5.73 Å². The third-order valence-electron chi connectivity index (χ3n) is 4.05. The lowest BCUT2D eigenvalue weighted by atomic mass is 10.0. The minimum absolute atomic E-state index is 0. The molecule has 1 aliphatic rings. The van der Waals surface area contributed by atoms with Gasteiger partial charge in [-0.2, -0.15) is 0 Å². The van der Waals surface area contributed by atoms with Crippen LogP contribution in [0.1, 0.15) is 28.1 Å². The molecule has 0 unspecified atom stereocenters. The zero-order valence-electron chi connectivity index (χ0n) is 12.6. The fraction of sp³-hybridized carbons (Fsp3) is 0.353. The number of aryl methyl sites for hydroxylation is 1. The minimum atomic E-state index is 0. The summed E-state index contributed by atoms with van der Waals surface area (Å²) in [6.45, 7) is 3.61. The van der Waals surface area contributed by atoms with Crippen molar-refractivity contribution in [3.8, 4) is 11.1 Å². The molecule has 1 fully saturated rings. The second kappa shape index (κ2) is 7.27. The predicted octanol–water partition coefficient (Wildman–Crippen LogP) is 3.71. The smallest absolute Gasteiger partial charge is 0.264 e. The Morgan fingerprint density at radius 3 is 2.45 bits per heavy atom. The zero-order valence-corrected chi connectivity index (χ0v) is 14.3. The Balaban J connectivity index is 0.00000176. The van der Waals surface area contributed by atoms with E-state index >= 15 is 0 Å². The van der Waals surface area contributed by atoms with Crippen LogP contribution in [0.25, 0.3) is 11.1 Å². The van der Waals surface area contributed by atoms with Crippen molar-refractivity contribution in [1.82, 2.24) is 4.90 Å². The third-order valence-corrected chi connectivity index (χ3v) is 4.95. The number of nitrogens with two attached hydrogens (primary N) is 1. The zero-order chi connectivity index (χ0) is 14.8. The highest BCUT2D eigenvalue weighted by atomic mass is 35.5. The van der Waals surface area contributed by atoms with Gasteiger partial charge in [-0.1, -0.05) is 29.8 Å². The summed E-state index contributed by atoms with van der Waals surface area (Å²) in [5.41, 5.74) is 9.30. The number of carbonyl (C=O) groups excluding carboxylic acids is 1. The van der Waals surface area contributed by atoms with Crippen LogP contribution in [0.4, 0.5) is 0 Å². The lowest BCUT2D eigenvalue weighted by Gasteiger charge is -2.30. The molecule has 3 rings (SSSR count). The van der Waals surface area contributed by atoms with Crippen LogP contribution in [0.3, 0.4) is 0 Å². The van der Waals surface area contributed by atoms with E-state index in [1.165, 1.54) is 16.9 Å². The number of halogens is 1. The number of amides is 1. The van der Waals surface area contributed by atoms with Crippen molar-refractivity contribution < 1.29 is 4.79 Å². The second-order valence-electron chi connectivity index (χ2n) is 5.66. The maximum Gasteiger partial charge on any atom is 0.264 e. The molecule has 1 saturated heterocycles. The van der Waals surface area contributed by atoms with Crippen LogP contribution in [0.5, 0.6) is 0 Å². The van der Waals surface area contributed by atoms with Crippen molar-refractivity contribution in [2.24, 2.45) is 5.73 Å². The van der Waals surface area contributed by atoms with Crippen molar-refractivity contribution in [3.05, 3.63) is 46.2 Å². The number of benzene rings is 1. The first-order valence-electron chi connectivity index (χ1n) is 7.34. The number of piperidine rings is 1. The Hall–Kier alpha value is -1.36. The van der Waals surface area contributed by atoms with Crippen LogP contribution in [-0.2, 0) is 0 Å². The first kappa shape index (κ1) is 17.0. The van der Waals surface area contributed by atoms with Gasteiger partial charge >= 0.3 is 0 Å². The molecule has 2 heterocycles. The predicted molar refractivity (Wildman–Crippen MR) is 94.9 cm³/mol. The molecule has 0 aliphatic carbocycles. The average Bonchev–Trinajstić information content (AvgIpc) is 2.97. The van der Waals surface area contributed by atoms with Crippen LogP contribution < -0.4 is 5.73 Å². The summed E-state index contributed by atoms with van der Waals surface area (Å²) < 4.78 is 0. The van der Waals surface area contributed by atoms with Gasteiger partial charge in [-0.25, -0.2) is 0 Å². The number of likely N-dealkylation sites (tertiary alicyclic amines) is 1. The monoisotopic (exact) mass is 336 g/mol. The summed E-state index contributed by atoms with van der Waals surface area (Å²) in [7, 11) is 0. The van der Waals surface area contributed by atoms with Gasteiger partial charge in [0.25, 0.3) is 5.91 Å². The fourth-order valence-corrected chi connectivity index (χ4v) is 3.56. The van der Waals surface area contributed by atoms with Crippen LogP contribution in [0.2, 0.25) is 0 Å². The van der Waals surface area contributed by atoms with Crippen LogP contribution in [-0.4, -0.2) is 29.9 Å². The quantitative estimate of drug-likeness (QED) is 0.908. The molecule has 0 bridgehead atoms. The van der Waals surface area contributed by atoms with Crippen molar-refractivity contribution in [2.75, 3.05) is 13.1 Å². The van der Waals surface area contributed by atoms with Gasteiger partial charge in [0.15, 0.2) is 0 Å². The largest absolute Gasteiger partial charge is 0.338 e. The van der Waals surface area contributed by atoms with Gasteiger partial charge in [-0.05, 0) is 36.8 Å². The molecule has 3 nitrogen and oxygen atoms in total. The molecule has 1 aliphatic heterocycles. The molecule has 0 spiro atoms. The molecule has 1 aromatic carbocycles. The van der Waals surface area contributed by atoms with E-state index in [1.807, 2.05) is 16.3 Å². The molecule has 1 amide bonds. The summed E-state index contributed by atoms with van der Waals surface area (Å²) in [5.74, 6) is 0.146. The van der Waals surface area contributed by atoms with E-state index in [1.54, 1.807) is 0 Å². The van der Waals surface area contributed by atoms with Crippen molar-refractivity contribution in [1.29, 1.82) is 0 Å². The number of thiophene rings is 1. The Morgan fingerprint density at radius 2 is 1.82 bits per heavy atom. The highest BCUT2D eigenvalue weighted by Gasteiger charge is 2.24. The normalized spacial score (nSPS) is 15.5. The summed E-state index contributed by atoms with van der Waals surface area (Å²) in [4.78, 5) is 15.5. The van der Waals surface area contributed by atoms with Crippen molar-refractivity contribution in [2.45, 2.75) is 25.8 Å². The fourth-order valence-electron chi connectivity index (χ4n) is 2.68. The number of carbonyl (C=O) groups is 1. The van der Waals surface area contributed by atoms with Gasteiger partial charge < -0.3 is 10.6 Å². The number of rotatable bonds is 2. The summed E-state index contributed by atoms with van der Waals surface area (Å²) in [6.07, 6.45) is 1.80. The third kappa shape index (κ3) is 3.51. The van der Waals surface area contributed by atoms with E-state index in [-0.39, 0.29) is 24.4 Å². The molecule has 0 saturated carbocycles. The molecule has 5 heteroatoms. The molecule has 0 atom stereocenters. The van der Waals surface area contributed by atoms with Crippen molar-refractivity contribution >= 4 is 29.7 Å². The molecular formula is C17H21ClN2OS. The maximum absolute atomic E-state index is 12.7. The standard InChI is InChI=1S/C17H20N2OS.ClH/c1-12-2-4-13(5-3-12)15-8-11-21-16(15)17(20)19-9-6-14(18)7-10-19;/h2-5,8,11,14H,6-7,9-10,18H2,1H3;1H. The summed E-state index contributed by atoms with van der Waals surface area (Å²) in [6, 6.07) is 10.6. The van der Waals surface area contributed by atoms with Gasteiger partial charge in [-0.15, -0.1) is 23.7 Å². The Morgan fingerprint density at radius 1 is 1.18 bits per heavy atom. The number of hydrogen-bond acceptors (Lipinski definition) is 3. The maximum atomic E-state index is 12.7. The van der Waals surface area contributed by atoms with Crippen molar-refractivity contribution in [3.63, 3.8) is 0 Å². The lowest BCUT2D eigenvalue weighted by molar-refractivity contribution is 0.0720. The number of nitrogens with zero attached hydrogens (tertiary/aromatic N) is 1. The highest BCUT2D eigenvalue weighted by molar-refractivity contribution is 7.12. The molecule has 2 aromatic rings. The van der Waals surface area contributed by atoms with Gasteiger partial charge in [-0.3, -0.25) is 4.79 Å². The second-order valence-corrected chi connectivity index (χ2v) is 6.58. The van der Waals surface area contributed by atoms with Gasteiger partial charge in [0.05, 0.1) is 4.88 Å². The van der Waals surface area contributed by atoms with Crippen LogP contribution in [0, 0.1) is 6.92 Å². The Bertz CT molecular complexity index is 630. The molecule has 0 radical (unpaired) electrons. The molecule has 118 valence electrons. The van der Waals surface area contributed by atoms with Gasteiger partial charge in [0.1, 0.15) is 0 Å².